The second-order valence-electron chi connectivity index (χ2n) is 5.00. The Kier molecular flexibility index (Phi) is 6.01. The van der Waals surface area contributed by atoms with E-state index in [2.05, 4.69) is 5.32 Å². The highest BCUT2D eigenvalue weighted by atomic mass is 16.6. The highest BCUT2D eigenvalue weighted by Gasteiger charge is 2.09. The molecule has 0 radical (unpaired) electrons. The summed E-state index contributed by atoms with van der Waals surface area (Å²) < 4.78 is 5.04. The molecule has 0 spiro atoms. The molecule has 0 unspecified atom stereocenters. The summed E-state index contributed by atoms with van der Waals surface area (Å²) in [5.41, 5.74) is 1.28. The van der Waals surface area contributed by atoms with Crippen molar-refractivity contribution in [3.63, 3.8) is 0 Å². The van der Waals surface area contributed by atoms with Crippen LogP contribution in [0.25, 0.3) is 0 Å². The number of ether oxygens (including phenoxy) is 1. The number of non-ortho nitro benzene ring substituents is 1. The molecule has 0 aromatic heterocycles. The lowest BCUT2D eigenvalue weighted by Gasteiger charge is -2.06. The molecular formula is C17H16N2O5. The monoisotopic (exact) mass is 328 g/mol. The molecule has 24 heavy (non-hydrogen) atoms. The number of para-hydroxylation sites is 1. The van der Waals surface area contributed by atoms with Crippen molar-refractivity contribution in [2.45, 2.75) is 19.4 Å². The molecule has 2 aromatic carbocycles. The van der Waals surface area contributed by atoms with Gasteiger partial charge in [-0.15, -0.1) is 0 Å². The highest BCUT2D eigenvalue weighted by Crippen LogP contribution is 2.13. The number of carbonyl (C=O) groups excluding carboxylic acids is 2. The molecule has 0 aliphatic carbocycles. The van der Waals surface area contributed by atoms with E-state index in [-0.39, 0.29) is 31.0 Å². The number of nitro groups is 1. The van der Waals surface area contributed by atoms with Crippen molar-refractivity contribution in [3.8, 4) is 0 Å². The fraction of sp³-hybridized carbons (Fsp3) is 0.176. The van der Waals surface area contributed by atoms with E-state index in [4.69, 9.17) is 4.74 Å². The molecule has 0 aliphatic heterocycles. The number of hydrogen-bond donors (Lipinski definition) is 1. The Balaban J connectivity index is 1.71. The topological polar surface area (TPSA) is 98.5 Å². The lowest BCUT2D eigenvalue weighted by molar-refractivity contribution is -0.384. The molecule has 0 fully saturated rings. The number of nitro benzene ring substituents is 1. The first-order valence-corrected chi connectivity index (χ1v) is 7.28. The van der Waals surface area contributed by atoms with Gasteiger partial charge in [0.25, 0.3) is 5.69 Å². The summed E-state index contributed by atoms with van der Waals surface area (Å²) in [5.74, 6) is -0.773. The van der Waals surface area contributed by atoms with E-state index in [1.165, 1.54) is 24.3 Å². The van der Waals surface area contributed by atoms with Gasteiger partial charge in [0.15, 0.2) is 0 Å². The van der Waals surface area contributed by atoms with Gasteiger partial charge < -0.3 is 10.1 Å². The smallest absolute Gasteiger partial charge is 0.306 e. The Morgan fingerprint density at radius 1 is 1.00 bits per heavy atom. The van der Waals surface area contributed by atoms with Crippen LogP contribution in [0.2, 0.25) is 0 Å². The van der Waals surface area contributed by atoms with Crippen LogP contribution in [0.5, 0.6) is 0 Å². The van der Waals surface area contributed by atoms with Crippen LogP contribution >= 0.6 is 0 Å². The predicted molar refractivity (Wildman–Crippen MR) is 87.2 cm³/mol. The van der Waals surface area contributed by atoms with Crippen molar-refractivity contribution in [2.24, 2.45) is 0 Å². The number of nitrogens with one attached hydrogen (secondary N) is 1. The van der Waals surface area contributed by atoms with Crippen molar-refractivity contribution < 1.29 is 19.2 Å². The molecule has 0 saturated carbocycles. The molecule has 7 nitrogen and oxygen atoms in total. The number of carbonyl (C=O) groups is 2. The zero-order chi connectivity index (χ0) is 17.4. The third kappa shape index (κ3) is 5.53. The summed E-state index contributed by atoms with van der Waals surface area (Å²) in [7, 11) is 0. The molecule has 2 aromatic rings. The van der Waals surface area contributed by atoms with Crippen LogP contribution in [0.1, 0.15) is 18.4 Å². The number of rotatable bonds is 7. The van der Waals surface area contributed by atoms with Crippen molar-refractivity contribution in [3.05, 3.63) is 70.3 Å². The van der Waals surface area contributed by atoms with Gasteiger partial charge in [-0.25, -0.2) is 0 Å². The first-order chi connectivity index (χ1) is 11.5. The summed E-state index contributed by atoms with van der Waals surface area (Å²) >= 11 is 0. The molecule has 7 heteroatoms. The fourth-order valence-corrected chi connectivity index (χ4v) is 1.91. The third-order valence-electron chi connectivity index (χ3n) is 3.16. The summed E-state index contributed by atoms with van der Waals surface area (Å²) in [4.78, 5) is 33.4. The average molecular weight is 328 g/mol. The molecule has 124 valence electrons. The molecule has 0 heterocycles. The Morgan fingerprint density at radius 3 is 2.29 bits per heavy atom. The van der Waals surface area contributed by atoms with Gasteiger partial charge in [0.2, 0.25) is 5.91 Å². The van der Waals surface area contributed by atoms with Gasteiger partial charge in [-0.1, -0.05) is 18.2 Å². The van der Waals surface area contributed by atoms with Crippen LogP contribution in [0.4, 0.5) is 11.4 Å². The SMILES string of the molecule is O=C(CCC(=O)OCc1ccc([N+](=O)[O-])cc1)Nc1ccccc1. The summed E-state index contributed by atoms with van der Waals surface area (Å²) in [6.07, 6.45) is -0.0142. The van der Waals surface area contributed by atoms with Gasteiger partial charge in [0.1, 0.15) is 6.61 Å². The summed E-state index contributed by atoms with van der Waals surface area (Å²) in [5, 5.41) is 13.2. The minimum absolute atomic E-state index is 0.0110. The van der Waals surface area contributed by atoms with Gasteiger partial charge in [0, 0.05) is 24.2 Å². The van der Waals surface area contributed by atoms with Crippen molar-refractivity contribution in [2.75, 3.05) is 5.32 Å². The second kappa shape index (κ2) is 8.42. The standard InChI is InChI=1S/C17H16N2O5/c20-16(18-14-4-2-1-3-5-14)10-11-17(21)24-12-13-6-8-15(9-7-13)19(22)23/h1-9H,10-12H2,(H,18,20). The van der Waals surface area contributed by atoms with Gasteiger partial charge in [-0.05, 0) is 29.8 Å². The maximum absolute atomic E-state index is 11.7. The summed E-state index contributed by atoms with van der Waals surface area (Å²) in [6.45, 7) is 0.0110. The maximum atomic E-state index is 11.7. The van der Waals surface area contributed by atoms with Crippen LogP contribution in [-0.4, -0.2) is 16.8 Å². The molecule has 0 bridgehead atoms. The van der Waals surface area contributed by atoms with E-state index in [9.17, 15) is 19.7 Å². The molecule has 2 rings (SSSR count). The lowest BCUT2D eigenvalue weighted by Crippen LogP contribution is -2.14. The molecule has 0 saturated heterocycles. The molecule has 1 amide bonds. The molecule has 1 N–H and O–H groups in total. The molecular weight excluding hydrogens is 312 g/mol. The van der Waals surface area contributed by atoms with Crippen LogP contribution in [-0.2, 0) is 20.9 Å². The second-order valence-corrected chi connectivity index (χ2v) is 5.00. The highest BCUT2D eigenvalue weighted by molar-refractivity contribution is 5.92. The van der Waals surface area contributed by atoms with E-state index in [1.54, 1.807) is 24.3 Å². The normalized spacial score (nSPS) is 10.0. The largest absolute Gasteiger partial charge is 0.461 e. The minimum atomic E-state index is -0.503. The molecule has 0 aliphatic rings. The van der Waals surface area contributed by atoms with Gasteiger partial charge in [-0.3, -0.25) is 19.7 Å². The first kappa shape index (κ1) is 17.1. The van der Waals surface area contributed by atoms with Crippen LogP contribution in [0.15, 0.2) is 54.6 Å². The van der Waals surface area contributed by atoms with E-state index in [1.807, 2.05) is 6.07 Å². The first-order valence-electron chi connectivity index (χ1n) is 7.28. The van der Waals surface area contributed by atoms with Crippen molar-refractivity contribution >= 4 is 23.3 Å². The Hall–Kier alpha value is -3.22. The van der Waals surface area contributed by atoms with Crippen molar-refractivity contribution in [1.29, 1.82) is 0 Å². The fourth-order valence-electron chi connectivity index (χ4n) is 1.91. The number of anilines is 1. The predicted octanol–water partition coefficient (Wildman–Crippen LogP) is 3.06. The van der Waals surface area contributed by atoms with Crippen LogP contribution < -0.4 is 5.32 Å². The Labute approximate surface area is 138 Å². The van der Waals surface area contributed by atoms with Gasteiger partial charge in [0.05, 0.1) is 11.3 Å². The Morgan fingerprint density at radius 2 is 1.67 bits per heavy atom. The third-order valence-corrected chi connectivity index (χ3v) is 3.16. The minimum Gasteiger partial charge on any atom is -0.461 e. The number of hydrogen-bond acceptors (Lipinski definition) is 5. The van der Waals surface area contributed by atoms with Crippen LogP contribution in [0.3, 0.4) is 0 Å². The maximum Gasteiger partial charge on any atom is 0.306 e. The van der Waals surface area contributed by atoms with Crippen molar-refractivity contribution in [1.82, 2.24) is 0 Å². The number of nitrogens with zero attached hydrogens (tertiary/aromatic N) is 1. The Bertz CT molecular complexity index is 714. The summed E-state index contributed by atoms with van der Waals surface area (Å²) in [6, 6.07) is 14.7. The quantitative estimate of drug-likeness (QED) is 0.478. The zero-order valence-electron chi connectivity index (χ0n) is 12.8. The van der Waals surface area contributed by atoms with Crippen LogP contribution in [0, 0.1) is 10.1 Å². The lowest BCUT2D eigenvalue weighted by atomic mass is 10.2. The van der Waals surface area contributed by atoms with E-state index < -0.39 is 10.9 Å². The molecule has 0 atom stereocenters. The average Bonchev–Trinajstić information content (AvgIpc) is 2.59. The van der Waals surface area contributed by atoms with Gasteiger partial charge in [-0.2, -0.15) is 0 Å². The number of amides is 1. The van der Waals surface area contributed by atoms with E-state index in [0.717, 1.165) is 0 Å². The van der Waals surface area contributed by atoms with Gasteiger partial charge >= 0.3 is 5.97 Å². The zero-order valence-corrected chi connectivity index (χ0v) is 12.8. The number of benzene rings is 2. The van der Waals surface area contributed by atoms with E-state index in [0.29, 0.717) is 11.3 Å². The number of esters is 1. The van der Waals surface area contributed by atoms with E-state index >= 15 is 0 Å².